The number of rotatable bonds is 4. The Kier molecular flexibility index (Phi) is 4.54. The molecule has 3 unspecified atom stereocenters. The molecule has 0 aliphatic carbocycles. The zero-order valence-electron chi connectivity index (χ0n) is 9.36. The Labute approximate surface area is 108 Å². The molecule has 0 aromatic heterocycles. The molecule has 2 N–H and O–H groups in total. The summed E-state index contributed by atoms with van der Waals surface area (Å²) in [5.41, 5.74) is 5.85. The van der Waals surface area contributed by atoms with Gasteiger partial charge in [-0.3, -0.25) is 9.59 Å². The van der Waals surface area contributed by atoms with E-state index in [-0.39, 0.29) is 31.0 Å². The van der Waals surface area contributed by atoms with Crippen molar-refractivity contribution in [2.45, 2.75) is 42.3 Å². The van der Waals surface area contributed by atoms with Crippen LogP contribution in [-0.2, 0) is 19.1 Å². The van der Waals surface area contributed by atoms with E-state index in [1.54, 1.807) is 6.92 Å². The predicted octanol–water partition coefficient (Wildman–Crippen LogP) is 0.776. The first kappa shape index (κ1) is 13.7. The van der Waals surface area contributed by atoms with E-state index in [0.717, 1.165) is 0 Å². The lowest BCUT2D eigenvalue weighted by Crippen LogP contribution is -2.48. The van der Waals surface area contributed by atoms with Crippen LogP contribution in [0.3, 0.4) is 0 Å². The third kappa shape index (κ3) is 3.07. The molecule has 16 heavy (non-hydrogen) atoms. The number of esters is 2. The Morgan fingerprint density at radius 3 is 2.88 bits per heavy atom. The lowest BCUT2D eigenvalue weighted by molar-refractivity contribution is -0.151. The molecule has 0 aromatic carbocycles. The van der Waals surface area contributed by atoms with E-state index in [1.807, 2.05) is 29.5 Å². The van der Waals surface area contributed by atoms with E-state index in [2.05, 4.69) is 0 Å². The molecular weight excluding hydrogens is 325 g/mol. The van der Waals surface area contributed by atoms with Crippen LogP contribution < -0.4 is 5.73 Å². The van der Waals surface area contributed by atoms with Gasteiger partial charge >= 0.3 is 11.9 Å². The highest BCUT2D eigenvalue weighted by atomic mass is 127. The first-order valence-corrected chi connectivity index (χ1v) is 6.27. The van der Waals surface area contributed by atoms with Crippen molar-refractivity contribution in [1.82, 2.24) is 0 Å². The van der Waals surface area contributed by atoms with E-state index in [0.29, 0.717) is 6.42 Å². The van der Waals surface area contributed by atoms with Crippen LogP contribution in [0.15, 0.2) is 0 Å². The smallest absolute Gasteiger partial charge is 0.323 e. The lowest BCUT2D eigenvalue weighted by Gasteiger charge is -2.27. The first-order chi connectivity index (χ1) is 7.37. The number of alkyl halides is 1. The number of cyclic esters (lactones) is 1. The molecule has 0 amide bonds. The normalized spacial score (nSPS) is 25.8. The van der Waals surface area contributed by atoms with Crippen LogP contribution in [0, 0.1) is 0 Å². The summed E-state index contributed by atoms with van der Waals surface area (Å²) < 4.78 is 9.15. The fraction of sp³-hybridized carbons (Fsp3) is 0.800. The van der Waals surface area contributed by atoms with Gasteiger partial charge in [-0.1, -0.05) is 29.5 Å². The van der Waals surface area contributed by atoms with Gasteiger partial charge in [-0.15, -0.1) is 0 Å². The highest BCUT2D eigenvalue weighted by Gasteiger charge is 2.40. The SMILES string of the molecule is CCC(N)C(C)(I)C(=O)OC1COC(=O)C1. The monoisotopic (exact) mass is 341 g/mol. The van der Waals surface area contributed by atoms with Crippen molar-refractivity contribution in [1.29, 1.82) is 0 Å². The van der Waals surface area contributed by atoms with Gasteiger partial charge in [-0.05, 0) is 13.3 Å². The summed E-state index contributed by atoms with van der Waals surface area (Å²) in [4.78, 5) is 22.7. The zero-order chi connectivity index (χ0) is 12.3. The van der Waals surface area contributed by atoms with Gasteiger partial charge in [0.15, 0.2) is 0 Å². The number of ether oxygens (including phenoxy) is 2. The predicted molar refractivity (Wildman–Crippen MR) is 66.1 cm³/mol. The van der Waals surface area contributed by atoms with Gasteiger partial charge in [0.05, 0.1) is 6.42 Å². The second-order valence-electron chi connectivity index (χ2n) is 4.00. The molecule has 92 valence electrons. The molecule has 0 radical (unpaired) electrons. The Balaban J connectivity index is 2.54. The van der Waals surface area contributed by atoms with Crippen molar-refractivity contribution in [2.75, 3.05) is 6.61 Å². The summed E-state index contributed by atoms with van der Waals surface area (Å²) in [7, 11) is 0. The number of nitrogens with two attached hydrogens (primary N) is 1. The average Bonchev–Trinajstić information content (AvgIpc) is 2.62. The highest BCUT2D eigenvalue weighted by Crippen LogP contribution is 2.26. The van der Waals surface area contributed by atoms with Gasteiger partial charge in [0.25, 0.3) is 0 Å². The zero-order valence-corrected chi connectivity index (χ0v) is 11.5. The quantitative estimate of drug-likeness (QED) is 0.464. The topological polar surface area (TPSA) is 78.6 Å². The molecule has 1 fully saturated rings. The Morgan fingerprint density at radius 2 is 2.44 bits per heavy atom. The molecule has 5 nitrogen and oxygen atoms in total. The maximum Gasteiger partial charge on any atom is 0.323 e. The van der Waals surface area contributed by atoms with Crippen molar-refractivity contribution in [3.8, 4) is 0 Å². The fourth-order valence-corrected chi connectivity index (χ4v) is 1.93. The van der Waals surface area contributed by atoms with E-state index < -0.39 is 9.53 Å². The molecule has 1 rings (SSSR count). The minimum atomic E-state index is -0.766. The van der Waals surface area contributed by atoms with Gasteiger partial charge in [-0.25, -0.2) is 0 Å². The van der Waals surface area contributed by atoms with Gasteiger partial charge in [0.1, 0.15) is 16.1 Å². The van der Waals surface area contributed by atoms with Crippen molar-refractivity contribution in [3.63, 3.8) is 0 Å². The van der Waals surface area contributed by atoms with E-state index in [9.17, 15) is 9.59 Å². The van der Waals surface area contributed by atoms with Gasteiger partial charge in [0.2, 0.25) is 0 Å². The largest absolute Gasteiger partial charge is 0.462 e. The number of hydrogen-bond donors (Lipinski definition) is 1. The van der Waals surface area contributed by atoms with E-state index in [4.69, 9.17) is 15.2 Å². The van der Waals surface area contributed by atoms with Crippen molar-refractivity contribution in [3.05, 3.63) is 0 Å². The van der Waals surface area contributed by atoms with Gasteiger partial charge in [0, 0.05) is 6.04 Å². The third-order valence-electron chi connectivity index (χ3n) is 2.63. The Hall–Kier alpha value is -0.370. The fourth-order valence-electron chi connectivity index (χ4n) is 1.37. The summed E-state index contributed by atoms with van der Waals surface area (Å²) in [5, 5.41) is 0. The van der Waals surface area contributed by atoms with Gasteiger partial charge in [-0.2, -0.15) is 0 Å². The number of hydrogen-bond acceptors (Lipinski definition) is 5. The maximum absolute atomic E-state index is 11.9. The minimum Gasteiger partial charge on any atom is -0.462 e. The molecule has 1 aliphatic heterocycles. The molecule has 0 spiro atoms. The number of carbonyl (C=O) groups excluding carboxylic acids is 2. The van der Waals surface area contributed by atoms with Crippen LogP contribution in [0.25, 0.3) is 0 Å². The first-order valence-electron chi connectivity index (χ1n) is 5.19. The van der Waals surface area contributed by atoms with Crippen molar-refractivity contribution in [2.24, 2.45) is 5.73 Å². The third-order valence-corrected chi connectivity index (χ3v) is 3.87. The molecular formula is C10H16INO4. The molecule has 1 aliphatic rings. The summed E-state index contributed by atoms with van der Waals surface area (Å²) >= 11 is 1.99. The minimum absolute atomic E-state index is 0.139. The summed E-state index contributed by atoms with van der Waals surface area (Å²) in [6.07, 6.45) is 0.368. The van der Waals surface area contributed by atoms with E-state index in [1.165, 1.54) is 0 Å². The summed E-state index contributed by atoms with van der Waals surface area (Å²) in [6.45, 7) is 3.80. The summed E-state index contributed by atoms with van der Waals surface area (Å²) in [5.74, 6) is -0.710. The van der Waals surface area contributed by atoms with Crippen LogP contribution in [0.2, 0.25) is 0 Å². The number of halogens is 1. The summed E-state index contributed by atoms with van der Waals surface area (Å²) in [6, 6.07) is -0.265. The van der Waals surface area contributed by atoms with Gasteiger partial charge < -0.3 is 15.2 Å². The van der Waals surface area contributed by atoms with Crippen molar-refractivity contribution < 1.29 is 19.1 Å². The lowest BCUT2D eigenvalue weighted by atomic mass is 10.0. The Bertz CT molecular complexity index is 293. The average molecular weight is 341 g/mol. The molecule has 1 saturated heterocycles. The molecule has 0 aromatic rings. The highest BCUT2D eigenvalue weighted by molar-refractivity contribution is 14.1. The molecule has 6 heteroatoms. The maximum atomic E-state index is 11.9. The molecule has 0 bridgehead atoms. The van der Waals surface area contributed by atoms with Crippen molar-refractivity contribution >= 4 is 34.5 Å². The second kappa shape index (κ2) is 5.31. The molecule has 1 heterocycles. The Morgan fingerprint density at radius 1 is 1.81 bits per heavy atom. The van der Waals surface area contributed by atoms with Crippen LogP contribution in [-0.4, -0.2) is 34.1 Å². The van der Waals surface area contributed by atoms with Crippen LogP contribution in [0.4, 0.5) is 0 Å². The second-order valence-corrected chi connectivity index (χ2v) is 6.25. The standard InChI is InChI=1S/C10H16INO4/c1-3-7(12)10(2,11)9(14)16-6-4-8(13)15-5-6/h6-7H,3-5,12H2,1-2H3. The van der Waals surface area contributed by atoms with Crippen LogP contribution in [0.1, 0.15) is 26.7 Å². The molecule has 3 atom stereocenters. The number of carbonyl (C=O) groups is 2. The van der Waals surface area contributed by atoms with E-state index >= 15 is 0 Å². The molecule has 0 saturated carbocycles. The van der Waals surface area contributed by atoms with Crippen LogP contribution >= 0.6 is 22.6 Å². The van der Waals surface area contributed by atoms with Crippen LogP contribution in [0.5, 0.6) is 0 Å².